The first-order valence-electron chi connectivity index (χ1n) is 5.70. The van der Waals surface area contributed by atoms with Gasteiger partial charge in [-0.1, -0.05) is 11.6 Å². The highest BCUT2D eigenvalue weighted by Crippen LogP contribution is 2.31. The van der Waals surface area contributed by atoms with Gasteiger partial charge >= 0.3 is 5.97 Å². The number of carboxylic acids is 1. The van der Waals surface area contributed by atoms with Crippen LogP contribution in [0.2, 0.25) is 5.15 Å². The zero-order valence-corrected chi connectivity index (χ0v) is 11.9. The standard InChI is InChI=1S/C13H13ClN2O4/c1-7-11(13(17)18)12(14)16(15-7)8-4-5-9(19-2)10(6-8)20-3/h4-6H,1-3H3,(H,17,18). The number of nitrogens with zero attached hydrogens (tertiary/aromatic N) is 2. The summed E-state index contributed by atoms with van der Waals surface area (Å²) in [5, 5.41) is 13.3. The number of benzene rings is 1. The topological polar surface area (TPSA) is 73.6 Å². The minimum Gasteiger partial charge on any atom is -0.493 e. The molecule has 6 nitrogen and oxygen atoms in total. The average molecular weight is 297 g/mol. The van der Waals surface area contributed by atoms with E-state index in [0.717, 1.165) is 0 Å². The van der Waals surface area contributed by atoms with Gasteiger partial charge in [-0.25, -0.2) is 9.48 Å². The molecular formula is C13H13ClN2O4. The summed E-state index contributed by atoms with van der Waals surface area (Å²) < 4.78 is 11.7. The van der Waals surface area contributed by atoms with Gasteiger partial charge in [-0.05, 0) is 19.1 Å². The third-order valence-corrected chi connectivity index (χ3v) is 3.18. The number of hydrogen-bond acceptors (Lipinski definition) is 4. The van der Waals surface area contributed by atoms with Gasteiger partial charge in [0.1, 0.15) is 10.7 Å². The number of carbonyl (C=O) groups is 1. The Bertz CT molecular complexity index is 667. The van der Waals surface area contributed by atoms with E-state index in [1.165, 1.54) is 18.9 Å². The van der Waals surface area contributed by atoms with E-state index in [0.29, 0.717) is 22.9 Å². The van der Waals surface area contributed by atoms with Crippen molar-refractivity contribution in [2.45, 2.75) is 6.92 Å². The van der Waals surface area contributed by atoms with Gasteiger partial charge in [-0.15, -0.1) is 0 Å². The number of aromatic carboxylic acids is 1. The summed E-state index contributed by atoms with van der Waals surface area (Å²) in [4.78, 5) is 11.1. The average Bonchev–Trinajstić information content (AvgIpc) is 2.73. The first-order chi connectivity index (χ1) is 9.49. The van der Waals surface area contributed by atoms with Crippen molar-refractivity contribution in [2.24, 2.45) is 0 Å². The molecule has 7 heteroatoms. The first kappa shape index (κ1) is 14.2. The van der Waals surface area contributed by atoms with Crippen molar-refractivity contribution in [1.82, 2.24) is 9.78 Å². The predicted octanol–water partition coefficient (Wildman–Crippen LogP) is 2.55. The number of halogens is 1. The predicted molar refractivity (Wildman–Crippen MR) is 73.4 cm³/mol. The Morgan fingerprint density at radius 3 is 2.45 bits per heavy atom. The maximum atomic E-state index is 11.1. The normalized spacial score (nSPS) is 10.4. The number of aromatic nitrogens is 2. The Morgan fingerprint density at radius 2 is 1.95 bits per heavy atom. The van der Waals surface area contributed by atoms with Crippen LogP contribution in [0.5, 0.6) is 11.5 Å². The van der Waals surface area contributed by atoms with E-state index in [1.54, 1.807) is 25.1 Å². The maximum absolute atomic E-state index is 11.1. The molecule has 2 rings (SSSR count). The largest absolute Gasteiger partial charge is 0.493 e. The molecule has 0 aliphatic rings. The van der Waals surface area contributed by atoms with Crippen molar-refractivity contribution in [1.29, 1.82) is 0 Å². The highest BCUT2D eigenvalue weighted by atomic mass is 35.5. The summed E-state index contributed by atoms with van der Waals surface area (Å²) in [6, 6.07) is 5.08. The molecule has 2 aromatic rings. The minimum atomic E-state index is -1.11. The molecule has 0 radical (unpaired) electrons. The van der Waals surface area contributed by atoms with Gasteiger partial charge in [-0.2, -0.15) is 5.10 Å². The molecule has 106 valence electrons. The molecule has 0 aliphatic heterocycles. The van der Waals surface area contributed by atoms with Gasteiger partial charge < -0.3 is 14.6 Å². The van der Waals surface area contributed by atoms with Crippen LogP contribution in [-0.2, 0) is 0 Å². The van der Waals surface area contributed by atoms with Crippen LogP contribution in [0.15, 0.2) is 18.2 Å². The van der Waals surface area contributed by atoms with Crippen LogP contribution >= 0.6 is 11.6 Å². The van der Waals surface area contributed by atoms with Crippen molar-refractivity contribution in [3.63, 3.8) is 0 Å². The van der Waals surface area contributed by atoms with Crippen molar-refractivity contribution >= 4 is 17.6 Å². The summed E-state index contributed by atoms with van der Waals surface area (Å²) >= 11 is 6.08. The van der Waals surface area contributed by atoms with Crippen molar-refractivity contribution in [3.8, 4) is 17.2 Å². The van der Waals surface area contributed by atoms with Gasteiger partial charge in [0.05, 0.1) is 25.6 Å². The van der Waals surface area contributed by atoms with E-state index in [2.05, 4.69) is 5.10 Å². The summed E-state index contributed by atoms with van der Waals surface area (Å²) in [5.74, 6) is -0.0416. The molecule has 1 aromatic heterocycles. The number of rotatable bonds is 4. The van der Waals surface area contributed by atoms with Crippen LogP contribution in [0.3, 0.4) is 0 Å². The number of carboxylic acid groups (broad SMARTS) is 1. The molecule has 0 atom stereocenters. The van der Waals surface area contributed by atoms with Gasteiger partial charge in [0.15, 0.2) is 11.5 Å². The maximum Gasteiger partial charge on any atom is 0.340 e. The fourth-order valence-electron chi connectivity index (χ4n) is 1.87. The lowest BCUT2D eigenvalue weighted by atomic mass is 10.2. The number of hydrogen-bond donors (Lipinski definition) is 1. The fourth-order valence-corrected chi connectivity index (χ4v) is 2.22. The third-order valence-electron chi connectivity index (χ3n) is 2.83. The molecule has 0 spiro atoms. The van der Waals surface area contributed by atoms with Crippen LogP contribution in [0, 0.1) is 6.92 Å². The Labute approximate surface area is 120 Å². The second-order valence-corrected chi connectivity index (χ2v) is 4.37. The monoisotopic (exact) mass is 296 g/mol. The van der Waals surface area contributed by atoms with Crippen LogP contribution in [0.25, 0.3) is 5.69 Å². The highest BCUT2D eigenvalue weighted by molar-refractivity contribution is 6.32. The van der Waals surface area contributed by atoms with Gasteiger partial charge in [0.25, 0.3) is 0 Å². The number of methoxy groups -OCH3 is 2. The van der Waals surface area contributed by atoms with E-state index >= 15 is 0 Å². The van der Waals surface area contributed by atoms with E-state index in [4.69, 9.17) is 26.2 Å². The lowest BCUT2D eigenvalue weighted by Gasteiger charge is -2.10. The molecule has 0 bridgehead atoms. The Morgan fingerprint density at radius 1 is 1.30 bits per heavy atom. The molecule has 20 heavy (non-hydrogen) atoms. The van der Waals surface area contributed by atoms with Gasteiger partial charge in [0, 0.05) is 6.07 Å². The third kappa shape index (κ3) is 2.30. The molecule has 0 unspecified atom stereocenters. The fraction of sp³-hybridized carbons (Fsp3) is 0.231. The zero-order valence-electron chi connectivity index (χ0n) is 11.2. The molecule has 0 aliphatic carbocycles. The quantitative estimate of drug-likeness (QED) is 0.938. The van der Waals surface area contributed by atoms with Crippen LogP contribution in [0.4, 0.5) is 0 Å². The molecular weight excluding hydrogens is 284 g/mol. The van der Waals surface area contributed by atoms with Gasteiger partial charge in [-0.3, -0.25) is 0 Å². The molecule has 1 heterocycles. The summed E-state index contributed by atoms with van der Waals surface area (Å²) in [5.41, 5.74) is 0.919. The van der Waals surface area contributed by atoms with E-state index < -0.39 is 5.97 Å². The summed E-state index contributed by atoms with van der Waals surface area (Å²) in [7, 11) is 3.05. The molecule has 1 N–H and O–H groups in total. The highest BCUT2D eigenvalue weighted by Gasteiger charge is 2.20. The van der Waals surface area contributed by atoms with E-state index in [9.17, 15) is 4.79 Å². The van der Waals surface area contributed by atoms with Crippen molar-refractivity contribution in [3.05, 3.63) is 34.6 Å². The zero-order chi connectivity index (χ0) is 14.9. The summed E-state index contributed by atoms with van der Waals surface area (Å²) in [6.45, 7) is 1.59. The molecule has 0 amide bonds. The molecule has 0 fully saturated rings. The van der Waals surface area contributed by atoms with Crippen LogP contribution in [-0.4, -0.2) is 35.1 Å². The van der Waals surface area contributed by atoms with Gasteiger partial charge in [0.2, 0.25) is 0 Å². The lowest BCUT2D eigenvalue weighted by Crippen LogP contribution is -2.00. The minimum absolute atomic E-state index is 0.0125. The smallest absolute Gasteiger partial charge is 0.340 e. The molecule has 1 aromatic carbocycles. The SMILES string of the molecule is COc1ccc(-n2nc(C)c(C(=O)O)c2Cl)cc1OC. The van der Waals surface area contributed by atoms with E-state index in [1.807, 2.05) is 0 Å². The summed E-state index contributed by atoms with van der Waals surface area (Å²) in [6.07, 6.45) is 0. The van der Waals surface area contributed by atoms with Crippen LogP contribution < -0.4 is 9.47 Å². The van der Waals surface area contributed by atoms with E-state index in [-0.39, 0.29) is 10.7 Å². The van der Waals surface area contributed by atoms with Crippen molar-refractivity contribution < 1.29 is 19.4 Å². The Balaban J connectivity index is 2.58. The molecule has 0 saturated carbocycles. The van der Waals surface area contributed by atoms with Crippen molar-refractivity contribution in [2.75, 3.05) is 14.2 Å². The number of ether oxygens (including phenoxy) is 2. The second kappa shape index (κ2) is 5.42. The lowest BCUT2D eigenvalue weighted by molar-refractivity contribution is 0.0696. The first-order valence-corrected chi connectivity index (χ1v) is 6.08. The Kier molecular flexibility index (Phi) is 3.85. The second-order valence-electron chi connectivity index (χ2n) is 4.01. The number of aryl methyl sites for hydroxylation is 1. The molecule has 0 saturated heterocycles. The Hall–Kier alpha value is -2.21. The van der Waals surface area contributed by atoms with Crippen LogP contribution in [0.1, 0.15) is 16.1 Å².